The van der Waals surface area contributed by atoms with Gasteiger partial charge in [-0.25, -0.2) is 9.97 Å². The van der Waals surface area contributed by atoms with Crippen LogP contribution in [0.2, 0.25) is 5.15 Å². The average Bonchev–Trinajstić information content (AvgIpc) is 2.41. The van der Waals surface area contributed by atoms with Gasteiger partial charge < -0.3 is 4.90 Å². The van der Waals surface area contributed by atoms with Crippen molar-refractivity contribution in [3.63, 3.8) is 0 Å². The second-order valence-electron chi connectivity index (χ2n) is 5.31. The fraction of sp³-hybridized carbons (Fsp3) is 0.714. The van der Waals surface area contributed by atoms with Crippen molar-refractivity contribution in [2.24, 2.45) is 5.92 Å². The van der Waals surface area contributed by atoms with Gasteiger partial charge in [-0.1, -0.05) is 24.9 Å². The van der Waals surface area contributed by atoms with Gasteiger partial charge in [0.2, 0.25) is 0 Å². The average molecular weight is 268 g/mol. The molecule has 1 aliphatic rings. The zero-order valence-electron chi connectivity index (χ0n) is 11.5. The fourth-order valence-corrected chi connectivity index (χ4v) is 3.02. The minimum absolute atomic E-state index is 0.564. The first kappa shape index (κ1) is 13.6. The summed E-state index contributed by atoms with van der Waals surface area (Å²) < 4.78 is 0. The van der Waals surface area contributed by atoms with E-state index in [0.29, 0.717) is 11.2 Å². The van der Waals surface area contributed by atoms with Gasteiger partial charge in [0.05, 0.1) is 0 Å². The van der Waals surface area contributed by atoms with Crippen molar-refractivity contribution in [3.05, 3.63) is 17.0 Å². The molecule has 0 saturated heterocycles. The van der Waals surface area contributed by atoms with Crippen molar-refractivity contribution < 1.29 is 0 Å². The SMILES string of the molecule is CCC1CCC(N(C)c2ncnc(Cl)c2C)CC1. The summed E-state index contributed by atoms with van der Waals surface area (Å²) in [6.45, 7) is 4.29. The lowest BCUT2D eigenvalue weighted by Crippen LogP contribution is -2.36. The van der Waals surface area contributed by atoms with E-state index in [9.17, 15) is 0 Å². The van der Waals surface area contributed by atoms with Gasteiger partial charge >= 0.3 is 0 Å². The van der Waals surface area contributed by atoms with Gasteiger partial charge in [-0.3, -0.25) is 0 Å². The van der Waals surface area contributed by atoms with Crippen molar-refractivity contribution in [1.29, 1.82) is 0 Å². The van der Waals surface area contributed by atoms with E-state index in [0.717, 1.165) is 17.3 Å². The van der Waals surface area contributed by atoms with Crippen LogP contribution >= 0.6 is 11.6 Å². The minimum Gasteiger partial charge on any atom is -0.356 e. The number of nitrogens with zero attached hydrogens (tertiary/aromatic N) is 3. The quantitative estimate of drug-likeness (QED) is 0.779. The van der Waals surface area contributed by atoms with Crippen molar-refractivity contribution in [1.82, 2.24) is 9.97 Å². The van der Waals surface area contributed by atoms with Gasteiger partial charge in [-0.2, -0.15) is 0 Å². The lowest BCUT2D eigenvalue weighted by molar-refractivity contribution is 0.312. The lowest BCUT2D eigenvalue weighted by atomic mass is 9.84. The molecule has 1 aromatic heterocycles. The molecule has 0 bridgehead atoms. The zero-order chi connectivity index (χ0) is 13.1. The van der Waals surface area contributed by atoms with Crippen LogP contribution in [0.3, 0.4) is 0 Å². The predicted molar refractivity (Wildman–Crippen MR) is 76.2 cm³/mol. The van der Waals surface area contributed by atoms with Crippen LogP contribution < -0.4 is 4.90 Å². The molecule has 4 heteroatoms. The molecule has 0 unspecified atom stereocenters. The molecule has 1 aromatic rings. The number of hydrogen-bond donors (Lipinski definition) is 0. The Morgan fingerprint density at radius 2 is 1.94 bits per heavy atom. The Labute approximate surface area is 115 Å². The van der Waals surface area contributed by atoms with E-state index in [1.807, 2.05) is 6.92 Å². The van der Waals surface area contributed by atoms with Crippen LogP contribution in [0, 0.1) is 12.8 Å². The lowest BCUT2D eigenvalue weighted by Gasteiger charge is -2.35. The number of anilines is 1. The molecule has 3 nitrogen and oxygen atoms in total. The van der Waals surface area contributed by atoms with E-state index in [4.69, 9.17) is 11.6 Å². The molecule has 0 atom stereocenters. The molecular weight excluding hydrogens is 246 g/mol. The van der Waals surface area contributed by atoms with E-state index < -0.39 is 0 Å². The normalized spacial score (nSPS) is 24.0. The second kappa shape index (κ2) is 5.87. The van der Waals surface area contributed by atoms with E-state index in [2.05, 4.69) is 28.8 Å². The molecule has 2 rings (SSSR count). The molecule has 0 radical (unpaired) electrons. The van der Waals surface area contributed by atoms with E-state index in [-0.39, 0.29) is 0 Å². The standard InChI is InChI=1S/C14H22ClN3/c1-4-11-5-7-12(8-6-11)18(3)14-10(2)13(15)16-9-17-14/h9,11-12H,4-8H2,1-3H3. The van der Waals surface area contributed by atoms with Crippen LogP contribution in [0.5, 0.6) is 0 Å². The first-order valence-electron chi connectivity index (χ1n) is 6.83. The summed E-state index contributed by atoms with van der Waals surface area (Å²) in [5.41, 5.74) is 0.985. The Morgan fingerprint density at radius 1 is 1.28 bits per heavy atom. The molecule has 1 aliphatic carbocycles. The van der Waals surface area contributed by atoms with Crippen LogP contribution in [0.1, 0.15) is 44.6 Å². The molecule has 0 N–H and O–H groups in total. The first-order valence-corrected chi connectivity index (χ1v) is 7.21. The maximum Gasteiger partial charge on any atom is 0.137 e. The third-order valence-electron chi connectivity index (χ3n) is 4.27. The molecule has 1 saturated carbocycles. The summed E-state index contributed by atoms with van der Waals surface area (Å²) >= 11 is 6.06. The summed E-state index contributed by atoms with van der Waals surface area (Å²) in [6.07, 6.45) is 8.06. The minimum atomic E-state index is 0.564. The van der Waals surface area contributed by atoms with Crippen molar-refractivity contribution in [2.45, 2.75) is 52.0 Å². The van der Waals surface area contributed by atoms with Gasteiger partial charge in [0.25, 0.3) is 0 Å². The molecule has 0 aromatic carbocycles. The predicted octanol–water partition coefficient (Wildman–Crippen LogP) is 3.84. The molecule has 18 heavy (non-hydrogen) atoms. The molecule has 1 heterocycles. The van der Waals surface area contributed by atoms with Gasteiger partial charge in [0, 0.05) is 18.7 Å². The fourth-order valence-electron chi connectivity index (χ4n) is 2.89. The Hall–Kier alpha value is -0.830. The summed E-state index contributed by atoms with van der Waals surface area (Å²) in [5, 5.41) is 0.564. The first-order chi connectivity index (χ1) is 8.63. The van der Waals surface area contributed by atoms with Crippen molar-refractivity contribution in [2.75, 3.05) is 11.9 Å². The van der Waals surface area contributed by atoms with E-state index >= 15 is 0 Å². The monoisotopic (exact) mass is 267 g/mol. The Bertz CT molecular complexity index is 400. The third kappa shape index (κ3) is 2.77. The highest BCUT2D eigenvalue weighted by Gasteiger charge is 2.24. The summed E-state index contributed by atoms with van der Waals surface area (Å²) in [4.78, 5) is 10.7. The van der Waals surface area contributed by atoms with Crippen LogP contribution in [0.25, 0.3) is 0 Å². The number of rotatable bonds is 3. The van der Waals surface area contributed by atoms with Gasteiger partial charge in [-0.05, 0) is 38.5 Å². The summed E-state index contributed by atoms with van der Waals surface area (Å²) in [7, 11) is 2.13. The van der Waals surface area contributed by atoms with Crippen LogP contribution in [0.15, 0.2) is 6.33 Å². The van der Waals surface area contributed by atoms with Gasteiger partial charge in [0.15, 0.2) is 0 Å². The molecule has 100 valence electrons. The topological polar surface area (TPSA) is 29.0 Å². The largest absolute Gasteiger partial charge is 0.356 e. The summed E-state index contributed by atoms with van der Waals surface area (Å²) in [5.74, 6) is 1.90. The smallest absolute Gasteiger partial charge is 0.137 e. The summed E-state index contributed by atoms with van der Waals surface area (Å²) in [6, 6.07) is 0.595. The maximum atomic E-state index is 6.06. The van der Waals surface area contributed by atoms with Gasteiger partial charge in [0.1, 0.15) is 17.3 Å². The Balaban J connectivity index is 2.08. The Morgan fingerprint density at radius 3 is 2.56 bits per heavy atom. The number of hydrogen-bond acceptors (Lipinski definition) is 3. The highest BCUT2D eigenvalue weighted by atomic mass is 35.5. The highest BCUT2D eigenvalue weighted by molar-refractivity contribution is 6.30. The highest BCUT2D eigenvalue weighted by Crippen LogP contribution is 2.32. The molecule has 0 amide bonds. The van der Waals surface area contributed by atoms with E-state index in [1.54, 1.807) is 6.33 Å². The van der Waals surface area contributed by atoms with Crippen LogP contribution in [0.4, 0.5) is 5.82 Å². The van der Waals surface area contributed by atoms with Crippen LogP contribution in [-0.2, 0) is 0 Å². The Kier molecular flexibility index (Phi) is 4.44. The van der Waals surface area contributed by atoms with Crippen LogP contribution in [-0.4, -0.2) is 23.1 Å². The zero-order valence-corrected chi connectivity index (χ0v) is 12.2. The van der Waals surface area contributed by atoms with Gasteiger partial charge in [-0.15, -0.1) is 0 Å². The number of halogens is 1. The van der Waals surface area contributed by atoms with E-state index in [1.165, 1.54) is 32.1 Å². The second-order valence-corrected chi connectivity index (χ2v) is 5.66. The van der Waals surface area contributed by atoms with Crippen molar-refractivity contribution in [3.8, 4) is 0 Å². The third-order valence-corrected chi connectivity index (χ3v) is 4.65. The maximum absolute atomic E-state index is 6.06. The molecular formula is C14H22ClN3. The molecule has 1 fully saturated rings. The molecule has 0 aliphatic heterocycles. The van der Waals surface area contributed by atoms with Crippen molar-refractivity contribution >= 4 is 17.4 Å². The molecule has 0 spiro atoms. The number of aromatic nitrogens is 2.